The van der Waals surface area contributed by atoms with Gasteiger partial charge >= 0.3 is 5.97 Å². The van der Waals surface area contributed by atoms with Crippen LogP contribution in [-0.4, -0.2) is 60.3 Å². The maximum atomic E-state index is 12.8. The molecule has 27 heavy (non-hydrogen) atoms. The van der Waals surface area contributed by atoms with E-state index in [1.54, 1.807) is 6.92 Å². The van der Waals surface area contributed by atoms with Gasteiger partial charge in [-0.05, 0) is 45.4 Å². The van der Waals surface area contributed by atoms with Gasteiger partial charge in [-0.3, -0.25) is 9.59 Å². The number of piperidine rings is 1. The van der Waals surface area contributed by atoms with Crippen LogP contribution < -0.4 is 0 Å². The zero-order valence-corrected chi connectivity index (χ0v) is 16.9. The lowest BCUT2D eigenvalue weighted by Crippen LogP contribution is -2.58. The van der Waals surface area contributed by atoms with Crippen LogP contribution in [0.1, 0.15) is 58.8 Å². The zero-order valence-electron chi connectivity index (χ0n) is 16.9. The molecule has 3 unspecified atom stereocenters. The van der Waals surface area contributed by atoms with E-state index < -0.39 is 35.4 Å². The van der Waals surface area contributed by atoms with Crippen molar-refractivity contribution in [1.29, 1.82) is 0 Å². The van der Waals surface area contributed by atoms with E-state index in [0.29, 0.717) is 19.3 Å². The molecule has 0 bridgehead atoms. The van der Waals surface area contributed by atoms with Gasteiger partial charge in [0.25, 0.3) is 11.7 Å². The Bertz CT molecular complexity index is 547. The highest BCUT2D eigenvalue weighted by atomic mass is 16.6. The Labute approximate surface area is 161 Å². The van der Waals surface area contributed by atoms with Crippen molar-refractivity contribution >= 4 is 17.7 Å². The number of ketones is 1. The second-order valence-electron chi connectivity index (χ2n) is 7.02. The summed E-state index contributed by atoms with van der Waals surface area (Å²) in [5.74, 6) is -5.22. The molecular weight excluding hydrogens is 350 g/mol. The molecule has 154 valence electrons. The number of carbonyl (C=O) groups excluding carboxylic acids is 3. The first-order chi connectivity index (χ1) is 12.8. The summed E-state index contributed by atoms with van der Waals surface area (Å²) in [6.45, 7) is 3.93. The summed E-state index contributed by atoms with van der Waals surface area (Å²) in [4.78, 5) is 38.7. The number of unbranched alkanes of at least 4 members (excludes halogenated alkanes) is 2. The van der Waals surface area contributed by atoms with Gasteiger partial charge in [0.2, 0.25) is 5.79 Å². The smallest absolute Gasteiger partial charge is 0.328 e. The molecule has 1 rings (SSSR count). The van der Waals surface area contributed by atoms with E-state index in [9.17, 15) is 19.5 Å². The summed E-state index contributed by atoms with van der Waals surface area (Å²) >= 11 is 0. The normalized spacial score (nSPS) is 20.9. The van der Waals surface area contributed by atoms with Gasteiger partial charge in [0.05, 0.1) is 7.11 Å². The van der Waals surface area contributed by atoms with Crippen LogP contribution in [0.5, 0.6) is 0 Å². The summed E-state index contributed by atoms with van der Waals surface area (Å²) in [5, 5.41) is 10.8. The van der Waals surface area contributed by atoms with Crippen molar-refractivity contribution in [1.82, 2.24) is 4.90 Å². The molecule has 0 spiro atoms. The minimum atomic E-state index is -2.20. The molecule has 7 heteroatoms. The first-order valence-electron chi connectivity index (χ1n) is 9.65. The minimum absolute atomic E-state index is 0.280. The third-order valence-electron chi connectivity index (χ3n) is 5.23. The van der Waals surface area contributed by atoms with Crippen LogP contribution in [0.25, 0.3) is 0 Å². The molecule has 0 aromatic heterocycles. The summed E-state index contributed by atoms with van der Waals surface area (Å²) in [6.07, 6.45) is 9.14. The fourth-order valence-corrected chi connectivity index (χ4v) is 3.43. The summed E-state index contributed by atoms with van der Waals surface area (Å²) in [7, 11) is 2.47. The van der Waals surface area contributed by atoms with Gasteiger partial charge in [0, 0.05) is 19.6 Å². The number of esters is 1. The van der Waals surface area contributed by atoms with Gasteiger partial charge in [0.15, 0.2) is 0 Å². The summed E-state index contributed by atoms with van der Waals surface area (Å²) in [6, 6.07) is -0.794. The van der Waals surface area contributed by atoms with Gasteiger partial charge in [-0.15, -0.1) is 0 Å². The number of likely N-dealkylation sites (tertiary alicyclic amines) is 1. The van der Waals surface area contributed by atoms with Crippen LogP contribution in [0.4, 0.5) is 0 Å². The number of carbonyl (C=O) groups is 3. The SMILES string of the molecule is C/C=C\CCCCC(C)C(O)(OC)C(=O)C(=O)N1CCCCC1C(=O)OC. The molecule has 7 nitrogen and oxygen atoms in total. The van der Waals surface area contributed by atoms with Crippen LogP contribution in [0.2, 0.25) is 0 Å². The monoisotopic (exact) mass is 383 g/mol. The molecule has 1 aliphatic rings. The molecule has 0 aliphatic carbocycles. The van der Waals surface area contributed by atoms with Crippen molar-refractivity contribution in [3.63, 3.8) is 0 Å². The Balaban J connectivity index is 2.83. The Hall–Kier alpha value is -1.73. The number of aliphatic hydroxyl groups is 1. The number of hydrogen-bond acceptors (Lipinski definition) is 6. The molecular formula is C20H33NO6. The van der Waals surface area contributed by atoms with Crippen LogP contribution in [-0.2, 0) is 23.9 Å². The lowest BCUT2D eigenvalue weighted by molar-refractivity contribution is -0.217. The molecule has 1 N–H and O–H groups in total. The quantitative estimate of drug-likeness (QED) is 0.204. The molecule has 1 aliphatic heterocycles. The number of nitrogens with zero attached hydrogens (tertiary/aromatic N) is 1. The first kappa shape index (κ1) is 23.3. The maximum absolute atomic E-state index is 12.8. The summed E-state index contributed by atoms with van der Waals surface area (Å²) < 4.78 is 9.85. The Morgan fingerprint density at radius 3 is 2.56 bits per heavy atom. The number of ether oxygens (including phenoxy) is 2. The van der Waals surface area contributed by atoms with Gasteiger partial charge < -0.3 is 19.5 Å². The van der Waals surface area contributed by atoms with Crippen molar-refractivity contribution in [2.75, 3.05) is 20.8 Å². The largest absolute Gasteiger partial charge is 0.467 e. The predicted molar refractivity (Wildman–Crippen MR) is 101 cm³/mol. The molecule has 1 saturated heterocycles. The lowest BCUT2D eigenvalue weighted by atomic mass is 9.89. The second kappa shape index (κ2) is 11.2. The van der Waals surface area contributed by atoms with Gasteiger partial charge in [-0.1, -0.05) is 25.5 Å². The number of hydrogen-bond donors (Lipinski definition) is 1. The van der Waals surface area contributed by atoms with E-state index in [1.165, 1.54) is 19.1 Å². The van der Waals surface area contributed by atoms with Crippen LogP contribution >= 0.6 is 0 Å². The highest BCUT2D eigenvalue weighted by Crippen LogP contribution is 2.27. The standard InChI is InChI=1S/C20H33NO6/c1-5-6-7-8-9-12-15(2)20(25,27-4)17(22)18(23)21-14-11-10-13-16(21)19(24)26-3/h5-6,15-16,25H,7-14H2,1-4H3/b6-5-. The fourth-order valence-electron chi connectivity index (χ4n) is 3.43. The van der Waals surface area contributed by atoms with Crippen molar-refractivity contribution < 1.29 is 29.0 Å². The Kier molecular flexibility index (Phi) is 9.66. The van der Waals surface area contributed by atoms with Crippen LogP contribution in [0.15, 0.2) is 12.2 Å². The van der Waals surface area contributed by atoms with Gasteiger partial charge in [-0.25, -0.2) is 4.79 Å². The van der Waals surface area contributed by atoms with Crippen LogP contribution in [0.3, 0.4) is 0 Å². The van der Waals surface area contributed by atoms with Crippen molar-refractivity contribution in [2.45, 2.75) is 70.6 Å². The Morgan fingerprint density at radius 1 is 1.26 bits per heavy atom. The average Bonchev–Trinajstić information content (AvgIpc) is 2.70. The highest BCUT2D eigenvalue weighted by molar-refractivity contribution is 6.39. The van der Waals surface area contributed by atoms with E-state index >= 15 is 0 Å². The molecule has 3 atom stereocenters. The third-order valence-corrected chi connectivity index (χ3v) is 5.23. The van der Waals surface area contributed by atoms with E-state index in [1.807, 2.05) is 13.0 Å². The zero-order chi connectivity index (χ0) is 20.4. The number of rotatable bonds is 10. The van der Waals surface area contributed by atoms with Gasteiger partial charge in [0.1, 0.15) is 6.04 Å². The maximum Gasteiger partial charge on any atom is 0.328 e. The first-order valence-corrected chi connectivity index (χ1v) is 9.65. The van der Waals surface area contributed by atoms with Crippen molar-refractivity contribution in [3.05, 3.63) is 12.2 Å². The van der Waals surface area contributed by atoms with E-state index in [0.717, 1.165) is 25.7 Å². The van der Waals surface area contributed by atoms with Crippen molar-refractivity contribution in [3.8, 4) is 0 Å². The summed E-state index contributed by atoms with van der Waals surface area (Å²) in [5.41, 5.74) is 0. The fraction of sp³-hybridized carbons (Fsp3) is 0.750. The van der Waals surface area contributed by atoms with Crippen molar-refractivity contribution in [2.24, 2.45) is 5.92 Å². The third kappa shape index (κ3) is 5.87. The second-order valence-corrected chi connectivity index (χ2v) is 7.02. The molecule has 1 fully saturated rings. The predicted octanol–water partition coefficient (Wildman–Crippen LogP) is 2.22. The topological polar surface area (TPSA) is 93.1 Å². The van der Waals surface area contributed by atoms with E-state index in [2.05, 4.69) is 6.08 Å². The molecule has 1 amide bonds. The number of amides is 1. The number of methoxy groups -OCH3 is 2. The minimum Gasteiger partial charge on any atom is -0.467 e. The average molecular weight is 383 g/mol. The lowest BCUT2D eigenvalue weighted by Gasteiger charge is -2.36. The molecule has 1 heterocycles. The molecule has 0 radical (unpaired) electrons. The van der Waals surface area contributed by atoms with E-state index in [-0.39, 0.29) is 6.54 Å². The molecule has 0 aromatic carbocycles. The van der Waals surface area contributed by atoms with E-state index in [4.69, 9.17) is 9.47 Å². The molecule has 0 saturated carbocycles. The van der Waals surface area contributed by atoms with Crippen LogP contribution in [0, 0.1) is 5.92 Å². The van der Waals surface area contributed by atoms with Gasteiger partial charge in [-0.2, -0.15) is 0 Å². The number of allylic oxidation sites excluding steroid dienone is 2. The Morgan fingerprint density at radius 2 is 1.96 bits per heavy atom. The highest BCUT2D eigenvalue weighted by Gasteiger charge is 2.48. The molecule has 0 aromatic rings. The number of Topliss-reactive ketones (excluding diaryl/α,β-unsaturated/α-hetero) is 1.